The molecule has 1 saturated heterocycles. The summed E-state index contributed by atoms with van der Waals surface area (Å²) in [5.74, 6) is 0.969. The number of para-hydroxylation sites is 2. The molecule has 1 aliphatic heterocycles. The fourth-order valence-corrected chi connectivity index (χ4v) is 4.64. The molecule has 0 bridgehead atoms. The first-order valence-corrected chi connectivity index (χ1v) is 10.6. The third kappa shape index (κ3) is 4.60. The van der Waals surface area contributed by atoms with Gasteiger partial charge in [0.05, 0.1) is 16.8 Å². The SMILES string of the molecule is CN(c1nc2ccccc2s1)C1CCN(CCCCOc2ccccc2)C1. The van der Waals surface area contributed by atoms with E-state index < -0.39 is 0 Å². The number of ether oxygens (including phenoxy) is 1. The standard InChI is InChI=1S/C22H27N3OS/c1-24(22-23-20-11-5-6-12-21(20)27-22)18-13-15-25(17-18)14-7-8-16-26-19-9-3-2-4-10-19/h2-6,9-12,18H,7-8,13-17H2,1H3. The summed E-state index contributed by atoms with van der Waals surface area (Å²) < 4.78 is 7.05. The van der Waals surface area contributed by atoms with E-state index in [1.165, 1.54) is 24.1 Å². The summed E-state index contributed by atoms with van der Waals surface area (Å²) >= 11 is 1.80. The average Bonchev–Trinajstić information content (AvgIpc) is 3.35. The molecule has 0 aliphatic carbocycles. The molecule has 1 fully saturated rings. The lowest BCUT2D eigenvalue weighted by atomic mass is 10.2. The molecule has 1 unspecified atom stereocenters. The molecule has 3 aromatic rings. The number of nitrogens with zero attached hydrogens (tertiary/aromatic N) is 3. The first kappa shape index (κ1) is 18.3. The monoisotopic (exact) mass is 381 g/mol. The zero-order valence-electron chi connectivity index (χ0n) is 15.9. The van der Waals surface area contributed by atoms with Crippen LogP contribution in [0.2, 0.25) is 0 Å². The number of fused-ring (bicyclic) bond motifs is 1. The molecule has 1 aromatic heterocycles. The molecule has 1 aliphatic rings. The van der Waals surface area contributed by atoms with Crippen molar-refractivity contribution in [2.24, 2.45) is 0 Å². The van der Waals surface area contributed by atoms with Crippen molar-refractivity contribution in [1.82, 2.24) is 9.88 Å². The van der Waals surface area contributed by atoms with Gasteiger partial charge in [0.1, 0.15) is 5.75 Å². The third-order valence-corrected chi connectivity index (χ3v) is 6.39. The highest BCUT2D eigenvalue weighted by molar-refractivity contribution is 7.22. The van der Waals surface area contributed by atoms with Crippen molar-refractivity contribution in [3.05, 3.63) is 54.6 Å². The molecule has 27 heavy (non-hydrogen) atoms. The van der Waals surface area contributed by atoms with E-state index in [1.54, 1.807) is 11.3 Å². The van der Waals surface area contributed by atoms with Crippen LogP contribution in [0.3, 0.4) is 0 Å². The van der Waals surface area contributed by atoms with E-state index in [9.17, 15) is 0 Å². The van der Waals surface area contributed by atoms with Crippen LogP contribution in [-0.4, -0.2) is 49.2 Å². The van der Waals surface area contributed by atoms with Crippen LogP contribution in [-0.2, 0) is 0 Å². The minimum Gasteiger partial charge on any atom is -0.494 e. The predicted octanol–water partition coefficient (Wildman–Crippen LogP) is 4.67. The molecule has 2 aromatic carbocycles. The van der Waals surface area contributed by atoms with E-state index in [0.29, 0.717) is 6.04 Å². The molecule has 4 rings (SSSR count). The second kappa shape index (κ2) is 8.72. The van der Waals surface area contributed by atoms with Gasteiger partial charge in [0.2, 0.25) is 0 Å². The first-order valence-electron chi connectivity index (χ1n) is 9.78. The molecular formula is C22H27N3OS. The molecule has 2 heterocycles. The van der Waals surface area contributed by atoms with Crippen LogP contribution in [0.25, 0.3) is 10.2 Å². The van der Waals surface area contributed by atoms with Crippen molar-refractivity contribution in [2.75, 3.05) is 38.2 Å². The van der Waals surface area contributed by atoms with E-state index in [1.807, 2.05) is 30.3 Å². The van der Waals surface area contributed by atoms with E-state index in [4.69, 9.17) is 9.72 Å². The van der Waals surface area contributed by atoms with Crippen LogP contribution in [0.15, 0.2) is 54.6 Å². The van der Waals surface area contributed by atoms with Crippen molar-refractivity contribution in [3.8, 4) is 5.75 Å². The number of hydrogen-bond acceptors (Lipinski definition) is 5. The molecule has 0 saturated carbocycles. The number of unbranched alkanes of at least 4 members (excludes halogenated alkanes) is 1. The molecule has 0 amide bonds. The molecule has 4 nitrogen and oxygen atoms in total. The fraction of sp³-hybridized carbons (Fsp3) is 0.409. The highest BCUT2D eigenvalue weighted by Crippen LogP contribution is 2.30. The van der Waals surface area contributed by atoms with Crippen LogP contribution < -0.4 is 9.64 Å². The van der Waals surface area contributed by atoms with Crippen LogP contribution in [0.5, 0.6) is 5.75 Å². The summed E-state index contributed by atoms with van der Waals surface area (Å²) in [5.41, 5.74) is 1.11. The van der Waals surface area contributed by atoms with Gasteiger partial charge in [-0.25, -0.2) is 4.98 Å². The Morgan fingerprint density at radius 3 is 2.78 bits per heavy atom. The summed E-state index contributed by atoms with van der Waals surface area (Å²) in [7, 11) is 2.19. The number of benzene rings is 2. The summed E-state index contributed by atoms with van der Waals surface area (Å²) in [4.78, 5) is 9.77. The Kier molecular flexibility index (Phi) is 5.90. The molecule has 1 atom stereocenters. The summed E-state index contributed by atoms with van der Waals surface area (Å²) in [6, 6.07) is 19.0. The van der Waals surface area contributed by atoms with Crippen molar-refractivity contribution >= 4 is 26.7 Å². The number of likely N-dealkylation sites (tertiary alicyclic amines) is 1. The Labute approximate surface area is 165 Å². The topological polar surface area (TPSA) is 28.6 Å². The number of hydrogen-bond donors (Lipinski definition) is 0. The lowest BCUT2D eigenvalue weighted by Crippen LogP contribution is -2.34. The maximum Gasteiger partial charge on any atom is 0.186 e. The Balaban J connectivity index is 1.20. The van der Waals surface area contributed by atoms with Crippen LogP contribution >= 0.6 is 11.3 Å². The number of thiazole rings is 1. The normalized spacial score (nSPS) is 17.4. The van der Waals surface area contributed by atoms with Gasteiger partial charge in [-0.2, -0.15) is 0 Å². The Morgan fingerprint density at radius 1 is 1.11 bits per heavy atom. The summed E-state index contributed by atoms with van der Waals surface area (Å²) in [6.07, 6.45) is 3.50. The quantitative estimate of drug-likeness (QED) is 0.530. The van der Waals surface area contributed by atoms with Crippen LogP contribution in [0, 0.1) is 0 Å². The Bertz CT molecular complexity index is 818. The van der Waals surface area contributed by atoms with Crippen molar-refractivity contribution in [1.29, 1.82) is 0 Å². The van der Waals surface area contributed by atoms with Crippen molar-refractivity contribution in [3.63, 3.8) is 0 Å². The molecule has 5 heteroatoms. The lowest BCUT2D eigenvalue weighted by Gasteiger charge is -2.24. The smallest absolute Gasteiger partial charge is 0.186 e. The second-order valence-electron chi connectivity index (χ2n) is 7.19. The van der Waals surface area contributed by atoms with Gasteiger partial charge in [-0.3, -0.25) is 0 Å². The lowest BCUT2D eigenvalue weighted by molar-refractivity contribution is 0.278. The Morgan fingerprint density at radius 2 is 1.93 bits per heavy atom. The molecular weight excluding hydrogens is 354 g/mol. The van der Waals surface area contributed by atoms with Crippen molar-refractivity contribution in [2.45, 2.75) is 25.3 Å². The van der Waals surface area contributed by atoms with Gasteiger partial charge < -0.3 is 14.5 Å². The maximum atomic E-state index is 5.78. The predicted molar refractivity (Wildman–Crippen MR) is 114 cm³/mol. The largest absolute Gasteiger partial charge is 0.494 e. The molecule has 142 valence electrons. The van der Waals surface area contributed by atoms with Crippen LogP contribution in [0.4, 0.5) is 5.13 Å². The second-order valence-corrected chi connectivity index (χ2v) is 8.20. The third-order valence-electron chi connectivity index (χ3n) is 5.26. The van der Waals surface area contributed by atoms with E-state index >= 15 is 0 Å². The van der Waals surface area contributed by atoms with Gasteiger partial charge in [-0.05, 0) is 50.1 Å². The summed E-state index contributed by atoms with van der Waals surface area (Å²) in [5, 5.41) is 1.14. The maximum absolute atomic E-state index is 5.78. The minimum atomic E-state index is 0.561. The highest BCUT2D eigenvalue weighted by Gasteiger charge is 2.26. The van der Waals surface area contributed by atoms with Crippen molar-refractivity contribution < 1.29 is 4.74 Å². The van der Waals surface area contributed by atoms with E-state index in [0.717, 1.165) is 42.5 Å². The zero-order valence-corrected chi connectivity index (χ0v) is 16.7. The van der Waals surface area contributed by atoms with E-state index in [-0.39, 0.29) is 0 Å². The Hall–Kier alpha value is -2.11. The molecule has 0 N–H and O–H groups in total. The van der Waals surface area contributed by atoms with Gasteiger partial charge in [0, 0.05) is 26.2 Å². The molecule has 0 radical (unpaired) electrons. The fourth-order valence-electron chi connectivity index (χ4n) is 3.64. The van der Waals surface area contributed by atoms with Crippen LogP contribution in [0.1, 0.15) is 19.3 Å². The van der Waals surface area contributed by atoms with Gasteiger partial charge in [0.25, 0.3) is 0 Å². The van der Waals surface area contributed by atoms with Gasteiger partial charge in [-0.1, -0.05) is 41.7 Å². The number of likely N-dealkylation sites (N-methyl/N-ethyl adjacent to an activating group) is 1. The number of aromatic nitrogens is 1. The summed E-state index contributed by atoms with van der Waals surface area (Å²) in [6.45, 7) is 4.26. The number of rotatable bonds is 8. The van der Waals surface area contributed by atoms with Gasteiger partial charge in [0.15, 0.2) is 5.13 Å². The molecule has 0 spiro atoms. The minimum absolute atomic E-state index is 0.561. The number of anilines is 1. The van der Waals surface area contributed by atoms with E-state index in [2.05, 4.69) is 41.1 Å². The zero-order chi connectivity index (χ0) is 18.5. The first-order chi connectivity index (χ1) is 13.3. The highest BCUT2D eigenvalue weighted by atomic mass is 32.1. The van der Waals surface area contributed by atoms with Gasteiger partial charge in [-0.15, -0.1) is 0 Å². The van der Waals surface area contributed by atoms with Gasteiger partial charge >= 0.3 is 0 Å². The average molecular weight is 382 g/mol.